The number of hydrogen-bond acceptors (Lipinski definition) is 1. The molecule has 90 valence electrons. The molecule has 10 heteroatoms. The van der Waals surface area contributed by atoms with Gasteiger partial charge in [0, 0.05) is 0 Å². The Labute approximate surface area is 76.1 Å². The van der Waals surface area contributed by atoms with E-state index in [2.05, 4.69) is 4.74 Å². The van der Waals surface area contributed by atoms with Gasteiger partial charge in [0.25, 0.3) is 0 Å². The van der Waals surface area contributed by atoms with Crippen molar-refractivity contribution in [3.05, 3.63) is 12.3 Å². The third kappa shape index (κ3) is 2.69. The van der Waals surface area contributed by atoms with Crippen molar-refractivity contribution >= 4 is 0 Å². The average molecular weight is 248 g/mol. The number of alkyl halides is 7. The van der Waals surface area contributed by atoms with E-state index in [-0.39, 0.29) is 0 Å². The Morgan fingerprint density at radius 3 is 1.60 bits per heavy atom. The molecule has 0 aromatic rings. The van der Waals surface area contributed by atoms with Crippen LogP contribution in [0.15, 0.2) is 12.3 Å². The Bertz CT molecular complexity index is 252. The quantitative estimate of drug-likeness (QED) is 0.548. The Morgan fingerprint density at radius 1 is 0.933 bits per heavy atom. The van der Waals surface area contributed by atoms with Gasteiger partial charge in [0.2, 0.25) is 0 Å². The highest BCUT2D eigenvalue weighted by Crippen LogP contribution is 2.47. The zero-order valence-electron chi connectivity index (χ0n) is 6.39. The fourth-order valence-corrected chi connectivity index (χ4v) is 0.374. The van der Waals surface area contributed by atoms with Crippen molar-refractivity contribution in [2.45, 2.75) is 18.2 Å². The minimum atomic E-state index is -6.66. The molecular formula is C5HF9O. The third-order valence-electron chi connectivity index (χ3n) is 1.03. The lowest BCUT2D eigenvalue weighted by atomic mass is 10.3. The summed E-state index contributed by atoms with van der Waals surface area (Å²) in [6.45, 7) is 0. The first kappa shape index (κ1) is 13.9. The second-order valence-corrected chi connectivity index (χ2v) is 2.10. The maximum atomic E-state index is 12.0. The summed E-state index contributed by atoms with van der Waals surface area (Å²) in [6.07, 6.45) is -14.2. The number of ether oxygens (including phenoxy) is 1. The van der Waals surface area contributed by atoms with E-state index in [9.17, 15) is 39.5 Å². The van der Waals surface area contributed by atoms with E-state index in [0.29, 0.717) is 0 Å². The van der Waals surface area contributed by atoms with Crippen LogP contribution in [0.2, 0.25) is 0 Å². The smallest absolute Gasteiger partial charge is 0.400 e. The maximum Gasteiger partial charge on any atom is 0.476 e. The first-order valence-corrected chi connectivity index (χ1v) is 2.93. The van der Waals surface area contributed by atoms with Crippen molar-refractivity contribution in [2.24, 2.45) is 0 Å². The van der Waals surface area contributed by atoms with Crippen molar-refractivity contribution in [2.75, 3.05) is 0 Å². The zero-order valence-corrected chi connectivity index (χ0v) is 6.39. The van der Waals surface area contributed by atoms with Gasteiger partial charge in [-0.3, -0.25) is 0 Å². The molecule has 0 amide bonds. The maximum absolute atomic E-state index is 12.0. The summed E-state index contributed by atoms with van der Waals surface area (Å²) in [5.41, 5.74) is 0. The molecule has 0 saturated heterocycles. The lowest BCUT2D eigenvalue weighted by molar-refractivity contribution is -0.419. The molecule has 0 N–H and O–H groups in total. The molecule has 0 aliphatic carbocycles. The molecule has 0 rings (SSSR count). The van der Waals surface area contributed by atoms with E-state index in [4.69, 9.17) is 0 Å². The first-order valence-electron chi connectivity index (χ1n) is 2.93. The standard InChI is InChI=1S/C5HF9O/c6-1-2(7)15-5(13,14)3(8,9)4(10,11)12/h1H/b2-1-. The molecule has 0 fully saturated rings. The van der Waals surface area contributed by atoms with Crippen molar-refractivity contribution < 1.29 is 44.3 Å². The molecule has 0 aromatic carbocycles. The van der Waals surface area contributed by atoms with Gasteiger partial charge < -0.3 is 4.74 Å². The normalized spacial score (nSPS) is 15.4. The summed E-state index contributed by atoms with van der Waals surface area (Å²) < 4.78 is 107. The van der Waals surface area contributed by atoms with Gasteiger partial charge in [0.05, 0.1) is 0 Å². The topological polar surface area (TPSA) is 9.23 Å². The van der Waals surface area contributed by atoms with Crippen molar-refractivity contribution in [3.8, 4) is 0 Å². The predicted octanol–water partition coefficient (Wildman–Crippen LogP) is 3.53. The summed E-state index contributed by atoms with van der Waals surface area (Å²) in [6, 6.07) is -2.90. The van der Waals surface area contributed by atoms with E-state index in [1.165, 1.54) is 0 Å². The monoisotopic (exact) mass is 248 g/mol. The summed E-state index contributed by atoms with van der Waals surface area (Å²) in [5, 5.41) is 0. The summed E-state index contributed by atoms with van der Waals surface area (Å²) in [7, 11) is 0. The molecule has 0 spiro atoms. The van der Waals surface area contributed by atoms with Crippen LogP contribution >= 0.6 is 0 Å². The van der Waals surface area contributed by atoms with Crippen molar-refractivity contribution in [1.29, 1.82) is 0 Å². The van der Waals surface area contributed by atoms with E-state index in [0.717, 1.165) is 0 Å². The first-order chi connectivity index (χ1) is 6.45. The fourth-order valence-electron chi connectivity index (χ4n) is 0.374. The van der Waals surface area contributed by atoms with Crippen LogP contribution in [0.5, 0.6) is 0 Å². The van der Waals surface area contributed by atoms with Gasteiger partial charge in [0.15, 0.2) is 6.33 Å². The van der Waals surface area contributed by atoms with Gasteiger partial charge in [-0.05, 0) is 0 Å². The molecule has 0 aromatic heterocycles. The second kappa shape index (κ2) is 3.81. The SMILES string of the molecule is F/C=C(/F)OC(F)(F)C(F)(F)C(F)(F)F. The van der Waals surface area contributed by atoms with E-state index >= 15 is 0 Å². The van der Waals surface area contributed by atoms with E-state index < -0.39 is 30.6 Å². The van der Waals surface area contributed by atoms with E-state index in [1.807, 2.05) is 0 Å². The molecule has 0 aliphatic rings. The van der Waals surface area contributed by atoms with Gasteiger partial charge in [-0.15, -0.1) is 0 Å². The zero-order chi connectivity index (χ0) is 12.5. The van der Waals surface area contributed by atoms with Crippen LogP contribution in [-0.2, 0) is 4.74 Å². The molecule has 0 heterocycles. The highest BCUT2D eigenvalue weighted by atomic mass is 19.4. The lowest BCUT2D eigenvalue weighted by Crippen LogP contribution is -2.53. The molecular weight excluding hydrogens is 247 g/mol. The van der Waals surface area contributed by atoms with Gasteiger partial charge in [-0.25, -0.2) is 4.39 Å². The van der Waals surface area contributed by atoms with Gasteiger partial charge >= 0.3 is 24.2 Å². The Balaban J connectivity index is 5.02. The van der Waals surface area contributed by atoms with E-state index in [1.54, 1.807) is 0 Å². The Kier molecular flexibility index (Phi) is 3.54. The fraction of sp³-hybridized carbons (Fsp3) is 0.600. The largest absolute Gasteiger partial charge is 0.476 e. The molecule has 0 bridgehead atoms. The number of rotatable bonds is 3. The van der Waals surface area contributed by atoms with Crippen LogP contribution in [-0.4, -0.2) is 18.2 Å². The summed E-state index contributed by atoms with van der Waals surface area (Å²) in [4.78, 5) is 0. The Morgan fingerprint density at radius 2 is 1.33 bits per heavy atom. The lowest BCUT2D eigenvalue weighted by Gasteiger charge is -2.26. The highest BCUT2D eigenvalue weighted by Gasteiger charge is 2.76. The third-order valence-corrected chi connectivity index (χ3v) is 1.03. The van der Waals surface area contributed by atoms with Crippen molar-refractivity contribution in [3.63, 3.8) is 0 Å². The minimum absolute atomic E-state index is 1.33. The van der Waals surface area contributed by atoms with Crippen LogP contribution in [0.25, 0.3) is 0 Å². The van der Waals surface area contributed by atoms with Gasteiger partial charge in [0.1, 0.15) is 0 Å². The minimum Gasteiger partial charge on any atom is -0.400 e. The molecule has 0 radical (unpaired) electrons. The van der Waals surface area contributed by atoms with Crippen LogP contribution in [0.1, 0.15) is 0 Å². The van der Waals surface area contributed by atoms with Crippen LogP contribution < -0.4 is 0 Å². The molecule has 0 atom stereocenters. The predicted molar refractivity (Wildman–Crippen MR) is 27.3 cm³/mol. The second-order valence-electron chi connectivity index (χ2n) is 2.10. The number of hydrogen-bond donors (Lipinski definition) is 0. The molecule has 0 unspecified atom stereocenters. The highest BCUT2D eigenvalue weighted by molar-refractivity contribution is 4.88. The van der Waals surface area contributed by atoms with Gasteiger partial charge in [-0.1, -0.05) is 0 Å². The van der Waals surface area contributed by atoms with Crippen LogP contribution in [0, 0.1) is 0 Å². The summed E-state index contributed by atoms with van der Waals surface area (Å²) in [5.74, 6) is -6.64. The van der Waals surface area contributed by atoms with Crippen LogP contribution in [0.4, 0.5) is 39.5 Å². The van der Waals surface area contributed by atoms with Crippen LogP contribution in [0.3, 0.4) is 0 Å². The molecule has 0 saturated carbocycles. The number of halogens is 9. The molecule has 15 heavy (non-hydrogen) atoms. The summed E-state index contributed by atoms with van der Waals surface area (Å²) >= 11 is 0. The molecule has 0 aliphatic heterocycles. The van der Waals surface area contributed by atoms with Crippen molar-refractivity contribution in [1.82, 2.24) is 0 Å². The average Bonchev–Trinajstić information content (AvgIpc) is 2.00. The Hall–Kier alpha value is -1.09. The molecule has 1 nitrogen and oxygen atoms in total. The van der Waals surface area contributed by atoms with Gasteiger partial charge in [-0.2, -0.15) is 35.1 Å².